The van der Waals surface area contributed by atoms with E-state index < -0.39 is 0 Å². The molecule has 32 heavy (non-hydrogen) atoms. The van der Waals surface area contributed by atoms with E-state index in [-0.39, 0.29) is 0 Å². The van der Waals surface area contributed by atoms with Gasteiger partial charge in [0.1, 0.15) is 0 Å². The number of benzene rings is 4. The topological polar surface area (TPSA) is 0 Å². The predicted molar refractivity (Wildman–Crippen MR) is 137 cm³/mol. The lowest BCUT2D eigenvalue weighted by molar-refractivity contribution is 0.449. The summed E-state index contributed by atoms with van der Waals surface area (Å²) in [7, 11) is 0. The largest absolute Gasteiger partial charge is 0.0622 e. The maximum atomic E-state index is 2.39. The minimum absolute atomic E-state index is 0.474. The standard InChI is InChI=1S/C32H34/c1-25(27-15-7-3-8-16-27)31(29-19-11-5-12-20-29)23-24-32(30-21-13-6-14-22-30)26(2)28-17-9-4-10-18-28/h3-22,25-26,31-32H,23-24H2,1-2H3. The highest BCUT2D eigenvalue weighted by Gasteiger charge is 2.26. The van der Waals surface area contributed by atoms with Gasteiger partial charge in [-0.1, -0.05) is 135 Å². The maximum Gasteiger partial charge on any atom is -0.00955 e. The smallest absolute Gasteiger partial charge is 0.00955 e. The van der Waals surface area contributed by atoms with Gasteiger partial charge in [-0.2, -0.15) is 0 Å². The van der Waals surface area contributed by atoms with Crippen LogP contribution in [-0.2, 0) is 0 Å². The molecule has 0 nitrogen and oxygen atoms in total. The van der Waals surface area contributed by atoms with Gasteiger partial charge in [-0.05, 0) is 58.8 Å². The van der Waals surface area contributed by atoms with Crippen LogP contribution in [0.5, 0.6) is 0 Å². The van der Waals surface area contributed by atoms with Crippen molar-refractivity contribution in [1.82, 2.24) is 0 Å². The van der Waals surface area contributed by atoms with Crippen molar-refractivity contribution in [2.75, 3.05) is 0 Å². The summed E-state index contributed by atoms with van der Waals surface area (Å²) in [5.41, 5.74) is 5.74. The van der Waals surface area contributed by atoms with Gasteiger partial charge in [0, 0.05) is 0 Å². The molecule has 4 rings (SSSR count). The molecule has 0 N–H and O–H groups in total. The van der Waals surface area contributed by atoms with Crippen molar-refractivity contribution in [3.8, 4) is 0 Å². The molecule has 0 aliphatic carbocycles. The number of hydrogen-bond donors (Lipinski definition) is 0. The van der Waals surface area contributed by atoms with Gasteiger partial charge in [0.25, 0.3) is 0 Å². The molecule has 4 aromatic rings. The summed E-state index contributed by atoms with van der Waals surface area (Å²) in [5, 5.41) is 0. The molecule has 0 saturated carbocycles. The molecule has 0 saturated heterocycles. The van der Waals surface area contributed by atoms with Crippen LogP contribution in [0.2, 0.25) is 0 Å². The Morgan fingerprint density at radius 1 is 0.375 bits per heavy atom. The molecular formula is C32H34. The van der Waals surface area contributed by atoms with Gasteiger partial charge in [0.05, 0.1) is 0 Å². The van der Waals surface area contributed by atoms with Crippen molar-refractivity contribution in [2.24, 2.45) is 0 Å². The first-order valence-corrected chi connectivity index (χ1v) is 11.9. The molecule has 4 unspecified atom stereocenters. The third-order valence-electron chi connectivity index (χ3n) is 7.10. The van der Waals surface area contributed by atoms with Crippen LogP contribution in [0.25, 0.3) is 0 Å². The first-order chi connectivity index (χ1) is 15.7. The first-order valence-electron chi connectivity index (χ1n) is 11.9. The van der Waals surface area contributed by atoms with Gasteiger partial charge < -0.3 is 0 Å². The lowest BCUT2D eigenvalue weighted by Gasteiger charge is -2.30. The van der Waals surface area contributed by atoms with Crippen LogP contribution in [0.15, 0.2) is 121 Å². The van der Waals surface area contributed by atoms with Crippen LogP contribution in [0.4, 0.5) is 0 Å². The zero-order chi connectivity index (χ0) is 22.2. The van der Waals surface area contributed by atoms with Crippen LogP contribution in [0.3, 0.4) is 0 Å². The monoisotopic (exact) mass is 418 g/mol. The second kappa shape index (κ2) is 11.0. The van der Waals surface area contributed by atoms with Gasteiger partial charge >= 0.3 is 0 Å². The van der Waals surface area contributed by atoms with Crippen LogP contribution < -0.4 is 0 Å². The second-order valence-electron chi connectivity index (χ2n) is 9.01. The Bertz CT molecular complexity index is 949. The van der Waals surface area contributed by atoms with Crippen molar-refractivity contribution < 1.29 is 0 Å². The van der Waals surface area contributed by atoms with Crippen LogP contribution in [0, 0.1) is 0 Å². The van der Waals surface area contributed by atoms with Crippen LogP contribution in [-0.4, -0.2) is 0 Å². The van der Waals surface area contributed by atoms with Crippen molar-refractivity contribution in [3.05, 3.63) is 144 Å². The fraction of sp³-hybridized carbons (Fsp3) is 0.250. The molecule has 0 bridgehead atoms. The first kappa shape index (κ1) is 22.1. The zero-order valence-electron chi connectivity index (χ0n) is 19.3. The summed E-state index contributed by atoms with van der Waals surface area (Å²) in [6.07, 6.45) is 2.33. The van der Waals surface area contributed by atoms with Crippen molar-refractivity contribution in [3.63, 3.8) is 0 Å². The van der Waals surface area contributed by atoms with E-state index in [4.69, 9.17) is 0 Å². The van der Waals surface area contributed by atoms with E-state index in [0.717, 1.165) is 12.8 Å². The summed E-state index contributed by atoms with van der Waals surface area (Å²) < 4.78 is 0. The predicted octanol–water partition coefficient (Wildman–Crippen LogP) is 8.94. The summed E-state index contributed by atoms with van der Waals surface area (Å²) in [6, 6.07) is 44.2. The molecule has 0 aliphatic heterocycles. The van der Waals surface area contributed by atoms with Gasteiger partial charge in [0.2, 0.25) is 0 Å². The average Bonchev–Trinajstić information content (AvgIpc) is 2.88. The molecule has 0 amide bonds. The SMILES string of the molecule is CC(c1ccccc1)C(CCC(c1ccccc1)C(C)c1ccccc1)c1ccccc1. The van der Waals surface area contributed by atoms with E-state index in [1.54, 1.807) is 0 Å². The van der Waals surface area contributed by atoms with Gasteiger partial charge in [-0.15, -0.1) is 0 Å². The van der Waals surface area contributed by atoms with Crippen molar-refractivity contribution >= 4 is 0 Å². The lowest BCUT2D eigenvalue weighted by Crippen LogP contribution is -2.14. The fourth-order valence-corrected chi connectivity index (χ4v) is 5.15. The Kier molecular flexibility index (Phi) is 7.56. The van der Waals surface area contributed by atoms with E-state index in [0.29, 0.717) is 23.7 Å². The molecule has 0 fully saturated rings. The molecule has 0 radical (unpaired) electrons. The van der Waals surface area contributed by atoms with Crippen molar-refractivity contribution in [1.29, 1.82) is 0 Å². The Morgan fingerprint density at radius 2 is 0.625 bits per heavy atom. The Balaban J connectivity index is 1.62. The highest BCUT2D eigenvalue weighted by Crippen LogP contribution is 2.42. The van der Waals surface area contributed by atoms with Gasteiger partial charge in [-0.3, -0.25) is 0 Å². The quantitative estimate of drug-likeness (QED) is 0.254. The molecule has 4 atom stereocenters. The normalized spacial score (nSPS) is 14.9. The molecule has 0 heterocycles. The Labute approximate surface area is 194 Å². The van der Waals surface area contributed by atoms with E-state index in [1.807, 2.05) is 0 Å². The summed E-state index contributed by atoms with van der Waals surface area (Å²) in [4.78, 5) is 0. The van der Waals surface area contributed by atoms with Crippen LogP contribution >= 0.6 is 0 Å². The highest BCUT2D eigenvalue weighted by atomic mass is 14.3. The molecule has 162 valence electrons. The Hall–Kier alpha value is -3.12. The van der Waals surface area contributed by atoms with Crippen molar-refractivity contribution in [2.45, 2.75) is 50.4 Å². The summed E-state index contributed by atoms with van der Waals surface area (Å²) in [5.74, 6) is 1.93. The molecule has 0 heteroatoms. The van der Waals surface area contributed by atoms with Gasteiger partial charge in [0.15, 0.2) is 0 Å². The summed E-state index contributed by atoms with van der Waals surface area (Å²) in [6.45, 7) is 4.79. The van der Waals surface area contributed by atoms with Gasteiger partial charge in [-0.25, -0.2) is 0 Å². The number of hydrogen-bond acceptors (Lipinski definition) is 0. The maximum absolute atomic E-state index is 2.39. The molecule has 0 spiro atoms. The zero-order valence-corrected chi connectivity index (χ0v) is 19.3. The fourth-order valence-electron chi connectivity index (χ4n) is 5.15. The molecule has 4 aromatic carbocycles. The third kappa shape index (κ3) is 5.37. The Morgan fingerprint density at radius 3 is 0.906 bits per heavy atom. The minimum Gasteiger partial charge on any atom is -0.0622 e. The molecule has 0 aromatic heterocycles. The second-order valence-corrected chi connectivity index (χ2v) is 9.01. The van der Waals surface area contributed by atoms with E-state index in [9.17, 15) is 0 Å². The third-order valence-corrected chi connectivity index (χ3v) is 7.10. The highest BCUT2D eigenvalue weighted by molar-refractivity contribution is 5.30. The van der Waals surface area contributed by atoms with Crippen LogP contribution in [0.1, 0.15) is 72.6 Å². The molecule has 0 aliphatic rings. The summed E-state index contributed by atoms with van der Waals surface area (Å²) >= 11 is 0. The number of rotatable bonds is 9. The lowest BCUT2D eigenvalue weighted by atomic mass is 9.74. The molecular weight excluding hydrogens is 384 g/mol. The van der Waals surface area contributed by atoms with E-state index in [1.165, 1.54) is 22.3 Å². The minimum atomic E-state index is 0.474. The average molecular weight is 419 g/mol. The van der Waals surface area contributed by atoms with E-state index in [2.05, 4.69) is 135 Å². The van der Waals surface area contributed by atoms with E-state index >= 15 is 0 Å².